The molecule has 2 aromatic rings. The van der Waals surface area contributed by atoms with Gasteiger partial charge in [0.1, 0.15) is 48.4 Å². The van der Waals surface area contributed by atoms with E-state index in [9.17, 15) is 43.8 Å². The van der Waals surface area contributed by atoms with E-state index in [0.29, 0.717) is 24.8 Å². The highest BCUT2D eigenvalue weighted by Gasteiger charge is 2.49. The fraction of sp³-hybridized carbons (Fsp3) is 0.650. The summed E-state index contributed by atoms with van der Waals surface area (Å²) in [6.07, 6.45) is -1.96. The van der Waals surface area contributed by atoms with Gasteiger partial charge in [0.05, 0.1) is 5.60 Å². The van der Waals surface area contributed by atoms with Crippen LogP contribution in [0.25, 0.3) is 0 Å². The van der Waals surface area contributed by atoms with Crippen molar-refractivity contribution in [1.82, 2.24) is 40.4 Å². The van der Waals surface area contributed by atoms with Crippen LogP contribution in [0, 0.1) is 29.6 Å². The molecule has 80 heavy (non-hydrogen) atoms. The van der Waals surface area contributed by atoms with Crippen LogP contribution in [-0.2, 0) is 54.3 Å². The Kier molecular flexibility index (Phi) is 23.8. The predicted octanol–water partition coefficient (Wildman–Crippen LogP) is 3.86. The summed E-state index contributed by atoms with van der Waals surface area (Å²) >= 11 is 0. The number of carbonyl (C=O) groups is 9. The summed E-state index contributed by atoms with van der Waals surface area (Å²) in [5, 5.41) is 32.6. The number of esters is 1. The third-order valence-electron chi connectivity index (χ3n) is 15.9. The topological polar surface area (TPSA) is 256 Å². The molecule has 2 heterocycles. The minimum absolute atomic E-state index is 0.0595. The van der Waals surface area contributed by atoms with Crippen molar-refractivity contribution in [1.29, 1.82) is 0 Å². The summed E-state index contributed by atoms with van der Waals surface area (Å²) in [5.41, 5.74) is -1.07. The number of ether oxygens (including phenoxy) is 1. The van der Waals surface area contributed by atoms with Crippen LogP contribution in [0.15, 0.2) is 60.7 Å². The lowest BCUT2D eigenvalue weighted by atomic mass is 9.93. The molecule has 0 aliphatic carbocycles. The van der Waals surface area contributed by atoms with Crippen molar-refractivity contribution in [2.75, 3.05) is 34.7 Å². The summed E-state index contributed by atoms with van der Waals surface area (Å²) in [5.74, 6) is -9.51. The first-order valence-electron chi connectivity index (χ1n) is 28.4. The largest absolute Gasteiger partial charge is 0.450 e. The molecule has 2 aliphatic rings. The summed E-state index contributed by atoms with van der Waals surface area (Å²) in [6.45, 7) is 20.3. The van der Waals surface area contributed by atoms with Crippen LogP contribution in [0.2, 0.25) is 0 Å². The van der Waals surface area contributed by atoms with Crippen molar-refractivity contribution in [2.24, 2.45) is 29.6 Å². The third kappa shape index (κ3) is 15.9. The summed E-state index contributed by atoms with van der Waals surface area (Å²) in [6, 6.07) is 6.14. The third-order valence-corrected chi connectivity index (χ3v) is 15.9. The van der Waals surface area contributed by atoms with Crippen molar-refractivity contribution < 1.29 is 58.1 Å². The Morgan fingerprint density at radius 1 is 0.600 bits per heavy atom. The zero-order chi connectivity index (χ0) is 60.2. The van der Waals surface area contributed by atoms with Gasteiger partial charge in [0.2, 0.25) is 41.4 Å². The first kappa shape index (κ1) is 66.1. The fourth-order valence-electron chi connectivity index (χ4n) is 11.0. The number of hydrogen-bond donors (Lipinski definition) is 5. The molecule has 8 amide bonds. The monoisotopic (exact) mass is 1120 g/mol. The average Bonchev–Trinajstić information content (AvgIpc) is 3.90. The van der Waals surface area contributed by atoms with Crippen LogP contribution in [0.4, 0.5) is 0 Å². The van der Waals surface area contributed by atoms with E-state index in [0.717, 1.165) is 14.7 Å². The molecule has 2 saturated heterocycles. The maximum absolute atomic E-state index is 15.3. The highest BCUT2D eigenvalue weighted by atomic mass is 16.6. The molecule has 2 aliphatic heterocycles. The molecule has 20 heteroatoms. The van der Waals surface area contributed by atoms with Gasteiger partial charge in [-0.15, -0.1) is 0 Å². The molecule has 0 bridgehead atoms. The molecular formula is C60H92N8O12. The number of fused-ring (bicyclic) bond motifs is 1. The van der Waals surface area contributed by atoms with E-state index in [-0.39, 0.29) is 37.3 Å². The van der Waals surface area contributed by atoms with E-state index in [1.807, 2.05) is 20.8 Å². The number of nitrogens with zero attached hydrogens (tertiary/aromatic N) is 5. The number of hydrogen-bond acceptors (Lipinski definition) is 12. The summed E-state index contributed by atoms with van der Waals surface area (Å²) < 4.78 is 6.08. The molecule has 20 nitrogen and oxygen atoms in total. The van der Waals surface area contributed by atoms with Gasteiger partial charge in [-0.25, -0.2) is 4.79 Å². The molecule has 2 fully saturated rings. The van der Waals surface area contributed by atoms with Crippen LogP contribution in [0.5, 0.6) is 0 Å². The normalized spacial score (nSPS) is 26.7. The Hall–Kier alpha value is -6.41. The Balaban J connectivity index is 2.00. The fourth-order valence-corrected chi connectivity index (χ4v) is 11.0. The number of nitrogens with one attached hydrogen (secondary N) is 3. The second-order valence-corrected chi connectivity index (χ2v) is 23.8. The smallest absolute Gasteiger partial charge is 0.332 e. The van der Waals surface area contributed by atoms with Gasteiger partial charge >= 0.3 is 5.97 Å². The molecule has 0 spiro atoms. The SMILES string of the molecule is CC[C@@H](C)[C@@H]1NC(=O)[C@@H]2CCCN2C(=O)[C@H]([C@H](O)c2ccccc2)N(C)C(=O)[C@H](Cc2ccccc2)NC(=O)[C@H](C(C)C)N(C)C(=O)[C@@H]([C@@H](C)CC)OC(=O)[C@H](C(C)(C)O)N(C)C(=O)[C@H](CC(C)C)NC(=O)[C@H](C(C)C)N(C)C1=O. The maximum Gasteiger partial charge on any atom is 0.332 e. The van der Waals surface area contributed by atoms with Crippen LogP contribution in [0.1, 0.15) is 132 Å². The van der Waals surface area contributed by atoms with E-state index < -0.39 is 143 Å². The van der Waals surface area contributed by atoms with Gasteiger partial charge in [-0.2, -0.15) is 0 Å². The molecule has 5 N–H and O–H groups in total. The van der Waals surface area contributed by atoms with E-state index in [4.69, 9.17) is 4.74 Å². The maximum atomic E-state index is 15.3. The number of likely N-dealkylation sites (N-methyl/N-ethyl adjacent to an activating group) is 4. The number of rotatable bonds is 13. The molecular weight excluding hydrogens is 1020 g/mol. The van der Waals surface area contributed by atoms with Gasteiger partial charge in [-0.05, 0) is 74.3 Å². The highest BCUT2D eigenvalue weighted by molar-refractivity contribution is 5.99. The summed E-state index contributed by atoms with van der Waals surface area (Å²) in [4.78, 5) is 140. The zero-order valence-electron chi connectivity index (χ0n) is 50.1. The Morgan fingerprint density at radius 3 is 1.59 bits per heavy atom. The average molecular weight is 1120 g/mol. The molecule has 444 valence electrons. The molecule has 0 unspecified atom stereocenters. The Morgan fingerprint density at radius 2 is 1.09 bits per heavy atom. The van der Waals surface area contributed by atoms with Crippen molar-refractivity contribution >= 4 is 53.2 Å². The molecule has 0 saturated carbocycles. The number of carbonyl (C=O) groups excluding carboxylic acids is 9. The lowest BCUT2D eigenvalue weighted by Gasteiger charge is -2.39. The number of amides is 8. The highest BCUT2D eigenvalue weighted by Crippen LogP contribution is 2.30. The van der Waals surface area contributed by atoms with Crippen LogP contribution < -0.4 is 16.0 Å². The molecule has 4 rings (SSSR count). The quantitative estimate of drug-likeness (QED) is 0.179. The van der Waals surface area contributed by atoms with Gasteiger partial charge in [0.25, 0.3) is 5.91 Å². The van der Waals surface area contributed by atoms with Gasteiger partial charge in [-0.3, -0.25) is 38.4 Å². The number of aliphatic hydroxyl groups is 2. The van der Waals surface area contributed by atoms with Crippen molar-refractivity contribution in [2.45, 2.75) is 188 Å². The minimum Gasteiger partial charge on any atom is -0.450 e. The van der Waals surface area contributed by atoms with Crippen LogP contribution in [-0.4, -0.2) is 183 Å². The van der Waals surface area contributed by atoms with Gasteiger partial charge < -0.3 is 55.4 Å². The lowest BCUT2D eigenvalue weighted by molar-refractivity contribution is -0.177. The van der Waals surface area contributed by atoms with Crippen molar-refractivity contribution in [3.63, 3.8) is 0 Å². The lowest BCUT2D eigenvalue weighted by Crippen LogP contribution is -2.63. The standard InChI is InChI=1S/C60H92N8O12/c1-17-37(9)44-56(75)64(13)45(35(5)6)52(71)61-41(32-34(3)4)55(74)67(16)50(60(11,12)79)59(78)80-49(38(10)18-2)58(77)65(14)46(36(7)8)53(72)62-42(33-39-26-21-19-22-27-39)54(73)66(15)47(48(69)40-28-23-20-24-29-40)57(76)68-31-25-30-43(68)51(70)63-44/h19-24,26-29,34-38,41-50,69,79H,17-18,25,30-33H2,1-16H3,(H,61,71)(H,62,72)(H,63,70)/t37-,38+,41+,42+,43+,44+,45+,46+,47+,48-,49-,50-/m1/s1. The van der Waals surface area contributed by atoms with E-state index in [1.54, 1.807) is 109 Å². The van der Waals surface area contributed by atoms with Crippen molar-refractivity contribution in [3.8, 4) is 0 Å². The predicted molar refractivity (Wildman–Crippen MR) is 303 cm³/mol. The second-order valence-electron chi connectivity index (χ2n) is 23.8. The summed E-state index contributed by atoms with van der Waals surface area (Å²) in [7, 11) is 5.45. The Labute approximate surface area is 474 Å². The van der Waals surface area contributed by atoms with E-state index >= 15 is 9.59 Å². The minimum atomic E-state index is -1.99. The molecule has 0 radical (unpaired) electrons. The second kappa shape index (κ2) is 28.8. The van der Waals surface area contributed by atoms with Gasteiger partial charge in [0.15, 0.2) is 12.1 Å². The van der Waals surface area contributed by atoms with Gasteiger partial charge in [0, 0.05) is 47.1 Å². The zero-order valence-corrected chi connectivity index (χ0v) is 50.1. The number of cyclic esters (lactones) is 1. The van der Waals surface area contributed by atoms with E-state index in [1.165, 1.54) is 51.8 Å². The number of benzene rings is 2. The first-order valence-corrected chi connectivity index (χ1v) is 28.4. The Bertz CT molecular complexity index is 2470. The first-order chi connectivity index (χ1) is 37.4. The van der Waals surface area contributed by atoms with Gasteiger partial charge in [-0.1, -0.05) is 136 Å². The number of aliphatic hydroxyl groups excluding tert-OH is 1. The molecule has 0 aromatic heterocycles. The van der Waals surface area contributed by atoms with E-state index in [2.05, 4.69) is 16.0 Å². The van der Waals surface area contributed by atoms with Crippen molar-refractivity contribution in [3.05, 3.63) is 71.8 Å². The molecule has 2 aromatic carbocycles. The van der Waals surface area contributed by atoms with Crippen LogP contribution >= 0.6 is 0 Å². The van der Waals surface area contributed by atoms with Crippen LogP contribution in [0.3, 0.4) is 0 Å². The molecule has 12 atom stereocenters.